The third-order valence-electron chi connectivity index (χ3n) is 6.26. The molecule has 158 valence electrons. The second kappa shape index (κ2) is 7.07. The Kier molecular flexibility index (Phi) is 4.48. The van der Waals surface area contributed by atoms with Crippen LogP contribution in [0.4, 0.5) is 0 Å². The molecule has 0 radical (unpaired) electrons. The van der Waals surface area contributed by atoms with E-state index in [1.165, 1.54) is 14.2 Å². The van der Waals surface area contributed by atoms with Crippen molar-refractivity contribution >= 4 is 5.97 Å². The molecule has 30 heavy (non-hydrogen) atoms. The van der Waals surface area contributed by atoms with Crippen molar-refractivity contribution in [1.29, 1.82) is 0 Å². The molecule has 0 bridgehead atoms. The number of aliphatic hydroxyl groups is 2. The van der Waals surface area contributed by atoms with Gasteiger partial charge in [0.15, 0.2) is 23.0 Å². The number of carbonyl (C=O) groups is 1. The van der Waals surface area contributed by atoms with Crippen molar-refractivity contribution in [3.05, 3.63) is 46.5 Å². The molecule has 1 saturated heterocycles. The molecular weight excluding hydrogens is 392 g/mol. The Morgan fingerprint density at radius 1 is 1.03 bits per heavy atom. The van der Waals surface area contributed by atoms with Gasteiger partial charge in [-0.25, -0.2) is 0 Å². The smallest absolute Gasteiger partial charge is 0.310 e. The Bertz CT molecular complexity index is 991. The fourth-order valence-electron chi connectivity index (χ4n) is 4.90. The fraction of sp³-hybridized carbons (Fsp3) is 0.409. The van der Waals surface area contributed by atoms with Gasteiger partial charge in [-0.05, 0) is 41.0 Å². The number of ether oxygens (including phenoxy) is 5. The molecule has 2 aliphatic heterocycles. The van der Waals surface area contributed by atoms with Crippen molar-refractivity contribution in [2.45, 2.75) is 18.6 Å². The molecule has 3 aliphatic rings. The van der Waals surface area contributed by atoms with Gasteiger partial charge in [0.1, 0.15) is 0 Å². The molecular formula is C22H22O8. The monoisotopic (exact) mass is 414 g/mol. The predicted molar refractivity (Wildman–Crippen MR) is 103 cm³/mol. The van der Waals surface area contributed by atoms with E-state index >= 15 is 0 Å². The van der Waals surface area contributed by atoms with E-state index in [9.17, 15) is 15.0 Å². The molecule has 0 aromatic heterocycles. The molecule has 2 N–H and O–H groups in total. The van der Waals surface area contributed by atoms with Crippen molar-refractivity contribution in [2.24, 2.45) is 11.8 Å². The first-order chi connectivity index (χ1) is 14.6. The lowest BCUT2D eigenvalue weighted by Gasteiger charge is -2.37. The van der Waals surface area contributed by atoms with E-state index in [4.69, 9.17) is 23.7 Å². The summed E-state index contributed by atoms with van der Waals surface area (Å²) in [6.07, 6.45) is -0.861. The van der Waals surface area contributed by atoms with Gasteiger partial charge in [-0.3, -0.25) is 4.79 Å². The number of carbonyl (C=O) groups excluding carboxylic acids is 1. The molecule has 5 rings (SSSR count). The molecule has 0 spiro atoms. The zero-order chi connectivity index (χ0) is 21.0. The molecule has 2 aromatic rings. The molecule has 0 amide bonds. The van der Waals surface area contributed by atoms with Crippen LogP contribution in [0.2, 0.25) is 0 Å². The maximum Gasteiger partial charge on any atom is 0.310 e. The van der Waals surface area contributed by atoms with Crippen molar-refractivity contribution in [2.75, 3.05) is 27.6 Å². The Morgan fingerprint density at radius 2 is 1.77 bits per heavy atom. The quantitative estimate of drug-likeness (QED) is 0.731. The molecule has 0 unspecified atom stereocenters. The topological polar surface area (TPSA) is 104 Å². The zero-order valence-corrected chi connectivity index (χ0v) is 16.6. The van der Waals surface area contributed by atoms with E-state index in [1.807, 2.05) is 6.07 Å². The highest BCUT2D eigenvalue weighted by molar-refractivity contribution is 5.78. The second-order valence-electron chi connectivity index (χ2n) is 7.65. The van der Waals surface area contributed by atoms with Gasteiger partial charge in [0.25, 0.3) is 0 Å². The van der Waals surface area contributed by atoms with Crippen LogP contribution in [-0.4, -0.2) is 43.8 Å². The number of fused-ring (bicyclic) bond motifs is 3. The molecule has 8 heteroatoms. The van der Waals surface area contributed by atoms with E-state index < -0.39 is 17.9 Å². The molecule has 1 aliphatic carbocycles. The Balaban J connectivity index is 1.74. The summed E-state index contributed by atoms with van der Waals surface area (Å²) >= 11 is 0. The van der Waals surface area contributed by atoms with Crippen molar-refractivity contribution < 1.29 is 38.7 Å². The first-order valence-corrected chi connectivity index (χ1v) is 9.71. The highest BCUT2D eigenvalue weighted by Gasteiger charge is 2.52. The summed E-state index contributed by atoms with van der Waals surface area (Å²) in [6, 6.07) is 7.21. The van der Waals surface area contributed by atoms with Gasteiger partial charge in [-0.1, -0.05) is 0 Å². The van der Waals surface area contributed by atoms with Gasteiger partial charge in [-0.2, -0.15) is 0 Å². The van der Waals surface area contributed by atoms with Crippen LogP contribution in [0.5, 0.6) is 23.0 Å². The zero-order valence-electron chi connectivity index (χ0n) is 16.6. The van der Waals surface area contributed by atoms with E-state index in [0.717, 1.165) is 11.1 Å². The van der Waals surface area contributed by atoms with Crippen molar-refractivity contribution in [3.63, 3.8) is 0 Å². The average molecular weight is 414 g/mol. The predicted octanol–water partition coefficient (Wildman–Crippen LogP) is 1.89. The first kappa shape index (κ1) is 19.0. The number of benzene rings is 2. The van der Waals surface area contributed by atoms with Crippen molar-refractivity contribution in [1.82, 2.24) is 0 Å². The number of esters is 1. The van der Waals surface area contributed by atoms with E-state index in [2.05, 4.69) is 0 Å². The molecule has 1 fully saturated rings. The lowest BCUT2D eigenvalue weighted by Crippen LogP contribution is -2.34. The number of cyclic esters (lactones) is 1. The minimum absolute atomic E-state index is 0.110. The molecule has 0 saturated carbocycles. The molecule has 8 nitrogen and oxygen atoms in total. The summed E-state index contributed by atoms with van der Waals surface area (Å²) in [5.74, 6) is 0.304. The maximum absolute atomic E-state index is 12.7. The van der Waals surface area contributed by atoms with E-state index in [-0.39, 0.29) is 31.9 Å². The number of rotatable bonds is 4. The van der Waals surface area contributed by atoms with Crippen LogP contribution in [-0.2, 0) is 16.1 Å². The Morgan fingerprint density at radius 3 is 2.43 bits per heavy atom. The summed E-state index contributed by atoms with van der Waals surface area (Å²) in [4.78, 5) is 12.7. The average Bonchev–Trinajstić information content (AvgIpc) is 3.38. The van der Waals surface area contributed by atoms with Gasteiger partial charge in [-0.15, -0.1) is 0 Å². The molecule has 4 atom stereocenters. The number of aliphatic hydroxyl groups excluding tert-OH is 2. The summed E-state index contributed by atoms with van der Waals surface area (Å²) in [5, 5.41) is 20.9. The van der Waals surface area contributed by atoms with Gasteiger partial charge in [0.2, 0.25) is 6.79 Å². The van der Waals surface area contributed by atoms with Crippen LogP contribution in [0.3, 0.4) is 0 Å². The first-order valence-electron chi connectivity index (χ1n) is 9.71. The largest absolute Gasteiger partial charge is 0.493 e. The molecule has 2 aromatic carbocycles. The normalized spacial score (nSPS) is 26.1. The van der Waals surface area contributed by atoms with Crippen LogP contribution >= 0.6 is 0 Å². The van der Waals surface area contributed by atoms with Crippen LogP contribution in [0.1, 0.15) is 34.3 Å². The van der Waals surface area contributed by atoms with Crippen molar-refractivity contribution in [3.8, 4) is 23.0 Å². The standard InChI is InChI=1S/C22H22O8/c1-26-17-4-10(3-11(7-23)21(17)27-2)18-12-5-15-16(30-9-29-15)6-13(12)20(24)14-8-28-22(25)19(14)18/h3-6,14,18-20,23-24H,7-9H2,1-2H3/t14-,18+,19-,20-/m0/s1. The number of methoxy groups -OCH3 is 2. The Labute approximate surface area is 172 Å². The van der Waals surface area contributed by atoms with Crippen LogP contribution in [0, 0.1) is 11.8 Å². The SMILES string of the molecule is COc1cc([C@@H]2c3cc4c(cc3[C@H](O)[C@H]3COC(=O)[C@H]23)OCO4)cc(CO)c1OC. The summed E-state index contributed by atoms with van der Waals surface area (Å²) in [5.41, 5.74) is 2.76. The number of hydrogen-bond donors (Lipinski definition) is 2. The number of hydrogen-bond acceptors (Lipinski definition) is 8. The van der Waals surface area contributed by atoms with Gasteiger partial charge in [0.05, 0.1) is 39.5 Å². The van der Waals surface area contributed by atoms with Gasteiger partial charge < -0.3 is 33.9 Å². The minimum Gasteiger partial charge on any atom is -0.493 e. The summed E-state index contributed by atoms with van der Waals surface area (Å²) in [7, 11) is 3.03. The van der Waals surface area contributed by atoms with Gasteiger partial charge in [0, 0.05) is 17.4 Å². The lowest BCUT2D eigenvalue weighted by atomic mass is 9.66. The lowest BCUT2D eigenvalue weighted by molar-refractivity contribution is -0.141. The summed E-state index contributed by atoms with van der Waals surface area (Å²) < 4.78 is 27.3. The maximum atomic E-state index is 12.7. The highest BCUT2D eigenvalue weighted by atomic mass is 16.7. The van der Waals surface area contributed by atoms with Crippen LogP contribution in [0.25, 0.3) is 0 Å². The Hall–Kier alpha value is -2.97. The van der Waals surface area contributed by atoms with Crippen LogP contribution in [0.15, 0.2) is 24.3 Å². The highest BCUT2D eigenvalue weighted by Crippen LogP contribution is 2.54. The molecule has 2 heterocycles. The second-order valence-corrected chi connectivity index (χ2v) is 7.65. The third-order valence-corrected chi connectivity index (χ3v) is 6.26. The van der Waals surface area contributed by atoms with E-state index in [0.29, 0.717) is 34.1 Å². The fourth-order valence-corrected chi connectivity index (χ4v) is 4.90. The van der Waals surface area contributed by atoms with Crippen LogP contribution < -0.4 is 18.9 Å². The third kappa shape index (κ3) is 2.64. The van der Waals surface area contributed by atoms with Gasteiger partial charge >= 0.3 is 5.97 Å². The van der Waals surface area contributed by atoms with E-state index in [1.54, 1.807) is 18.2 Å². The summed E-state index contributed by atoms with van der Waals surface area (Å²) in [6.45, 7) is 0.00333. The minimum atomic E-state index is -0.861.